The molecule has 0 saturated carbocycles. The first-order valence-corrected chi connectivity index (χ1v) is 5.99. The number of rotatable bonds is 4. The van der Waals surface area contributed by atoms with E-state index in [1.54, 1.807) is 6.20 Å². The second-order valence-electron chi connectivity index (χ2n) is 4.46. The van der Waals surface area contributed by atoms with E-state index in [2.05, 4.69) is 54.5 Å². The van der Waals surface area contributed by atoms with E-state index in [4.69, 9.17) is 0 Å². The molecule has 0 spiro atoms. The monoisotopic (exact) mass is 226 g/mol. The fourth-order valence-corrected chi connectivity index (χ4v) is 1.86. The molecule has 0 saturated heterocycles. The average molecular weight is 226 g/mol. The second-order valence-corrected chi connectivity index (χ2v) is 4.46. The van der Waals surface area contributed by atoms with Crippen molar-refractivity contribution in [3.63, 3.8) is 0 Å². The molecule has 0 aliphatic carbocycles. The van der Waals surface area contributed by atoms with Crippen LogP contribution in [-0.2, 0) is 6.54 Å². The van der Waals surface area contributed by atoms with Gasteiger partial charge in [0.2, 0.25) is 0 Å². The van der Waals surface area contributed by atoms with Crippen LogP contribution >= 0.6 is 0 Å². The van der Waals surface area contributed by atoms with E-state index in [1.165, 1.54) is 16.8 Å². The van der Waals surface area contributed by atoms with Gasteiger partial charge in [0.1, 0.15) is 0 Å². The van der Waals surface area contributed by atoms with Crippen molar-refractivity contribution in [2.45, 2.75) is 26.3 Å². The largest absolute Gasteiger partial charge is 0.381 e. The fourth-order valence-electron chi connectivity index (χ4n) is 1.86. The van der Waals surface area contributed by atoms with Crippen molar-refractivity contribution in [3.8, 4) is 0 Å². The molecule has 2 aromatic rings. The topological polar surface area (TPSA) is 24.9 Å². The Morgan fingerprint density at radius 3 is 2.65 bits per heavy atom. The molecule has 0 radical (unpaired) electrons. The first kappa shape index (κ1) is 11.6. The van der Waals surface area contributed by atoms with Crippen molar-refractivity contribution in [1.29, 1.82) is 0 Å². The fraction of sp³-hybridized carbons (Fsp3) is 0.267. The second kappa shape index (κ2) is 5.48. The third kappa shape index (κ3) is 3.06. The highest BCUT2D eigenvalue weighted by Gasteiger charge is 2.04. The maximum Gasteiger partial charge on any atom is 0.0416 e. The molecule has 1 heterocycles. The standard InChI is InChI=1S/C15H18N2/c1-12(2)14-7-3-4-8-15(14)17-11-13-6-5-9-16-10-13/h3-10,12,17H,11H2,1-2H3. The van der Waals surface area contributed by atoms with Crippen LogP contribution in [0.25, 0.3) is 0 Å². The number of pyridine rings is 1. The summed E-state index contributed by atoms with van der Waals surface area (Å²) in [5.74, 6) is 0.535. The zero-order valence-corrected chi connectivity index (χ0v) is 10.4. The first-order valence-electron chi connectivity index (χ1n) is 5.99. The van der Waals surface area contributed by atoms with Crippen molar-refractivity contribution in [2.75, 3.05) is 5.32 Å². The van der Waals surface area contributed by atoms with E-state index in [9.17, 15) is 0 Å². The maximum absolute atomic E-state index is 4.11. The molecule has 0 aliphatic heterocycles. The van der Waals surface area contributed by atoms with Crippen molar-refractivity contribution in [2.24, 2.45) is 0 Å². The van der Waals surface area contributed by atoms with Crippen LogP contribution in [0.2, 0.25) is 0 Å². The van der Waals surface area contributed by atoms with Gasteiger partial charge in [-0.1, -0.05) is 38.1 Å². The van der Waals surface area contributed by atoms with Gasteiger partial charge in [0.15, 0.2) is 0 Å². The van der Waals surface area contributed by atoms with Crippen molar-refractivity contribution in [1.82, 2.24) is 4.98 Å². The van der Waals surface area contributed by atoms with Crippen LogP contribution in [0, 0.1) is 0 Å². The Kier molecular flexibility index (Phi) is 3.76. The zero-order valence-electron chi connectivity index (χ0n) is 10.4. The molecule has 2 nitrogen and oxygen atoms in total. The molecule has 1 aromatic heterocycles. The van der Waals surface area contributed by atoms with Crippen molar-refractivity contribution >= 4 is 5.69 Å². The van der Waals surface area contributed by atoms with Gasteiger partial charge < -0.3 is 5.32 Å². The van der Waals surface area contributed by atoms with Gasteiger partial charge in [-0.15, -0.1) is 0 Å². The SMILES string of the molecule is CC(C)c1ccccc1NCc1cccnc1. The van der Waals surface area contributed by atoms with Crippen LogP contribution in [0.1, 0.15) is 30.9 Å². The number of anilines is 1. The zero-order chi connectivity index (χ0) is 12.1. The molecule has 0 unspecified atom stereocenters. The lowest BCUT2D eigenvalue weighted by Gasteiger charge is -2.14. The molecule has 1 aromatic carbocycles. The third-order valence-electron chi connectivity index (χ3n) is 2.79. The highest BCUT2D eigenvalue weighted by molar-refractivity contribution is 5.52. The summed E-state index contributed by atoms with van der Waals surface area (Å²) in [5, 5.41) is 3.47. The van der Waals surface area contributed by atoms with Crippen LogP contribution in [-0.4, -0.2) is 4.98 Å². The molecule has 1 N–H and O–H groups in total. The summed E-state index contributed by atoms with van der Waals surface area (Å²) in [6.45, 7) is 5.24. The van der Waals surface area contributed by atoms with Gasteiger partial charge in [-0.3, -0.25) is 4.98 Å². The van der Waals surface area contributed by atoms with Crippen LogP contribution in [0.3, 0.4) is 0 Å². The van der Waals surface area contributed by atoms with E-state index in [-0.39, 0.29) is 0 Å². The van der Waals surface area contributed by atoms with Gasteiger partial charge in [0.05, 0.1) is 0 Å². The van der Waals surface area contributed by atoms with Gasteiger partial charge in [-0.25, -0.2) is 0 Å². The molecule has 0 fully saturated rings. The maximum atomic E-state index is 4.11. The van der Waals surface area contributed by atoms with E-state index in [1.807, 2.05) is 12.3 Å². The Morgan fingerprint density at radius 2 is 1.94 bits per heavy atom. The predicted molar refractivity (Wildman–Crippen MR) is 72.1 cm³/mol. The van der Waals surface area contributed by atoms with Crippen LogP contribution in [0.15, 0.2) is 48.8 Å². The lowest BCUT2D eigenvalue weighted by molar-refractivity contribution is 0.865. The van der Waals surface area contributed by atoms with Crippen LogP contribution in [0.4, 0.5) is 5.69 Å². The minimum Gasteiger partial charge on any atom is -0.381 e. The number of benzene rings is 1. The Bertz CT molecular complexity index is 463. The molecule has 0 amide bonds. The molecule has 2 rings (SSSR count). The van der Waals surface area contributed by atoms with Gasteiger partial charge in [0, 0.05) is 24.6 Å². The third-order valence-corrected chi connectivity index (χ3v) is 2.79. The Hall–Kier alpha value is -1.83. The molecule has 17 heavy (non-hydrogen) atoms. The minimum absolute atomic E-state index is 0.535. The summed E-state index contributed by atoms with van der Waals surface area (Å²) < 4.78 is 0. The summed E-state index contributed by atoms with van der Waals surface area (Å²) in [5.41, 5.74) is 3.77. The van der Waals surface area contributed by atoms with E-state index < -0.39 is 0 Å². The van der Waals surface area contributed by atoms with Gasteiger partial charge in [0.25, 0.3) is 0 Å². The van der Waals surface area contributed by atoms with E-state index >= 15 is 0 Å². The average Bonchev–Trinajstić information content (AvgIpc) is 2.38. The molecule has 0 atom stereocenters. The van der Waals surface area contributed by atoms with Crippen molar-refractivity contribution in [3.05, 3.63) is 59.9 Å². The first-order chi connectivity index (χ1) is 8.27. The number of hydrogen-bond donors (Lipinski definition) is 1. The van der Waals surface area contributed by atoms with E-state index in [0.717, 1.165) is 6.54 Å². The number of nitrogens with one attached hydrogen (secondary N) is 1. The molecule has 88 valence electrons. The van der Waals surface area contributed by atoms with Gasteiger partial charge in [-0.2, -0.15) is 0 Å². The number of hydrogen-bond acceptors (Lipinski definition) is 2. The lowest BCUT2D eigenvalue weighted by Crippen LogP contribution is -2.03. The Balaban J connectivity index is 2.09. The summed E-state index contributed by atoms with van der Waals surface area (Å²) in [7, 11) is 0. The summed E-state index contributed by atoms with van der Waals surface area (Å²) in [4.78, 5) is 4.11. The summed E-state index contributed by atoms with van der Waals surface area (Å²) in [6, 6.07) is 12.5. The highest BCUT2D eigenvalue weighted by Crippen LogP contribution is 2.23. The van der Waals surface area contributed by atoms with Gasteiger partial charge in [-0.05, 0) is 29.2 Å². The molecule has 0 aliphatic rings. The predicted octanol–water partition coefficient (Wildman–Crippen LogP) is 3.82. The van der Waals surface area contributed by atoms with Crippen molar-refractivity contribution < 1.29 is 0 Å². The quantitative estimate of drug-likeness (QED) is 0.857. The number of nitrogens with zero attached hydrogens (tertiary/aromatic N) is 1. The molecule has 0 bridgehead atoms. The highest BCUT2D eigenvalue weighted by atomic mass is 14.9. The Labute approximate surface area is 103 Å². The molecular weight excluding hydrogens is 208 g/mol. The smallest absolute Gasteiger partial charge is 0.0416 e. The van der Waals surface area contributed by atoms with Crippen LogP contribution < -0.4 is 5.32 Å². The normalized spacial score (nSPS) is 10.5. The van der Waals surface area contributed by atoms with Crippen LogP contribution in [0.5, 0.6) is 0 Å². The van der Waals surface area contributed by atoms with Gasteiger partial charge >= 0.3 is 0 Å². The number of para-hydroxylation sites is 1. The minimum atomic E-state index is 0.535. The molecular formula is C15H18N2. The number of aromatic nitrogens is 1. The summed E-state index contributed by atoms with van der Waals surface area (Å²) >= 11 is 0. The Morgan fingerprint density at radius 1 is 1.12 bits per heavy atom. The lowest BCUT2D eigenvalue weighted by atomic mass is 10.0. The van der Waals surface area contributed by atoms with E-state index in [0.29, 0.717) is 5.92 Å². The summed E-state index contributed by atoms with van der Waals surface area (Å²) in [6.07, 6.45) is 3.69. The molecule has 2 heteroatoms.